The second-order valence-electron chi connectivity index (χ2n) is 2.92. The fraction of sp³-hybridized carbons (Fsp3) is 0.250. The Hall–Kier alpha value is -1.27. The van der Waals surface area contributed by atoms with E-state index in [4.69, 9.17) is 5.73 Å². The van der Waals surface area contributed by atoms with E-state index in [0.29, 0.717) is 11.3 Å². The number of rotatable bonds is 3. The molecule has 1 aromatic rings. The monoisotopic (exact) mass is 216 g/mol. The summed E-state index contributed by atoms with van der Waals surface area (Å²) in [4.78, 5) is 0. The van der Waals surface area contributed by atoms with Crippen LogP contribution in [0.15, 0.2) is 18.2 Å². The van der Waals surface area contributed by atoms with Crippen LogP contribution in [0.1, 0.15) is 5.56 Å². The highest BCUT2D eigenvalue weighted by atomic mass is 32.2. The molecule has 6 heteroatoms. The van der Waals surface area contributed by atoms with Crippen LogP contribution in [0.4, 0.5) is 5.69 Å². The van der Waals surface area contributed by atoms with E-state index in [1.807, 2.05) is 0 Å². The van der Waals surface area contributed by atoms with Gasteiger partial charge < -0.3 is 10.8 Å². The van der Waals surface area contributed by atoms with E-state index in [2.05, 4.69) is 4.72 Å². The van der Waals surface area contributed by atoms with Crippen LogP contribution in [0.25, 0.3) is 0 Å². The van der Waals surface area contributed by atoms with E-state index in [1.54, 1.807) is 12.1 Å². The molecule has 1 rings (SSSR count). The first kappa shape index (κ1) is 10.8. The summed E-state index contributed by atoms with van der Waals surface area (Å²) in [5, 5.41) is 9.37. The number of aromatic hydroxyl groups is 1. The summed E-state index contributed by atoms with van der Waals surface area (Å²) in [6.45, 7) is 0.213. The molecule has 0 heterocycles. The molecule has 0 unspecified atom stereocenters. The van der Waals surface area contributed by atoms with Crippen molar-refractivity contribution in [2.45, 2.75) is 6.54 Å². The Labute approximate surface area is 82.6 Å². The molecule has 0 spiro atoms. The van der Waals surface area contributed by atoms with Crippen LogP contribution in [-0.2, 0) is 16.6 Å². The minimum Gasteiger partial charge on any atom is -0.508 e. The standard InChI is InChI=1S/C8H12N2O3S/c1-14(12,13)10-7-3-2-6(5-9)8(11)4-7/h2-4,10-11H,5,9H2,1H3. The van der Waals surface area contributed by atoms with Gasteiger partial charge in [0.15, 0.2) is 0 Å². The maximum absolute atomic E-state index is 10.8. The number of hydrogen-bond acceptors (Lipinski definition) is 4. The number of sulfonamides is 1. The summed E-state index contributed by atoms with van der Waals surface area (Å²) in [5.74, 6) is -0.0128. The Kier molecular flexibility index (Phi) is 2.97. The van der Waals surface area contributed by atoms with Crippen LogP contribution in [-0.4, -0.2) is 19.8 Å². The lowest BCUT2D eigenvalue weighted by Crippen LogP contribution is -2.09. The lowest BCUT2D eigenvalue weighted by Gasteiger charge is -2.06. The SMILES string of the molecule is CS(=O)(=O)Nc1ccc(CN)c(O)c1. The minimum atomic E-state index is -3.31. The normalized spacial score (nSPS) is 11.3. The summed E-state index contributed by atoms with van der Waals surface area (Å²) in [6.07, 6.45) is 1.04. The van der Waals surface area contributed by atoms with Gasteiger partial charge in [-0.25, -0.2) is 8.42 Å². The van der Waals surface area contributed by atoms with E-state index in [1.165, 1.54) is 6.07 Å². The number of nitrogens with one attached hydrogen (secondary N) is 1. The minimum absolute atomic E-state index is 0.0128. The van der Waals surface area contributed by atoms with Crippen molar-refractivity contribution in [3.63, 3.8) is 0 Å². The van der Waals surface area contributed by atoms with Crippen molar-refractivity contribution in [2.75, 3.05) is 11.0 Å². The zero-order valence-electron chi connectivity index (χ0n) is 7.69. The first-order valence-electron chi connectivity index (χ1n) is 3.92. The highest BCUT2D eigenvalue weighted by Crippen LogP contribution is 2.21. The summed E-state index contributed by atoms with van der Waals surface area (Å²) in [6, 6.07) is 4.44. The van der Waals surface area contributed by atoms with E-state index in [9.17, 15) is 13.5 Å². The number of phenols is 1. The molecule has 0 amide bonds. The van der Waals surface area contributed by atoms with Crippen molar-refractivity contribution < 1.29 is 13.5 Å². The number of nitrogens with two attached hydrogens (primary N) is 1. The first-order chi connectivity index (χ1) is 6.42. The van der Waals surface area contributed by atoms with Crippen LogP contribution >= 0.6 is 0 Å². The fourth-order valence-corrected chi connectivity index (χ4v) is 1.57. The second kappa shape index (κ2) is 3.85. The molecule has 0 bridgehead atoms. The van der Waals surface area contributed by atoms with Crippen LogP contribution in [0, 0.1) is 0 Å². The van der Waals surface area contributed by atoms with E-state index in [0.717, 1.165) is 6.26 Å². The van der Waals surface area contributed by atoms with E-state index in [-0.39, 0.29) is 12.3 Å². The Morgan fingerprint density at radius 2 is 2.14 bits per heavy atom. The summed E-state index contributed by atoms with van der Waals surface area (Å²) >= 11 is 0. The Bertz CT molecular complexity index is 428. The fourth-order valence-electron chi connectivity index (χ4n) is 1.01. The smallest absolute Gasteiger partial charge is 0.229 e. The third kappa shape index (κ3) is 2.90. The molecule has 0 fully saturated rings. The number of anilines is 1. The van der Waals surface area contributed by atoms with Gasteiger partial charge in [-0.05, 0) is 6.07 Å². The molecule has 0 aliphatic heterocycles. The van der Waals surface area contributed by atoms with Crippen LogP contribution in [0.3, 0.4) is 0 Å². The molecule has 0 radical (unpaired) electrons. The third-order valence-corrected chi connectivity index (χ3v) is 2.21. The van der Waals surface area contributed by atoms with Gasteiger partial charge in [0.2, 0.25) is 10.0 Å². The molecule has 78 valence electrons. The topological polar surface area (TPSA) is 92.4 Å². The quantitative estimate of drug-likeness (QED) is 0.674. The molecule has 0 aliphatic rings. The molecule has 0 saturated carbocycles. The highest BCUT2D eigenvalue weighted by molar-refractivity contribution is 7.92. The molecular formula is C8H12N2O3S. The van der Waals surface area contributed by atoms with Gasteiger partial charge in [-0.3, -0.25) is 4.72 Å². The van der Waals surface area contributed by atoms with Crippen molar-refractivity contribution in [1.82, 2.24) is 0 Å². The van der Waals surface area contributed by atoms with Gasteiger partial charge in [0, 0.05) is 18.2 Å². The van der Waals surface area contributed by atoms with Crippen LogP contribution < -0.4 is 10.5 Å². The average Bonchev–Trinajstić information content (AvgIpc) is 2.01. The van der Waals surface area contributed by atoms with E-state index < -0.39 is 10.0 Å². The van der Waals surface area contributed by atoms with Gasteiger partial charge in [0.25, 0.3) is 0 Å². The van der Waals surface area contributed by atoms with Gasteiger partial charge in [-0.15, -0.1) is 0 Å². The molecule has 0 atom stereocenters. The molecule has 0 saturated heterocycles. The van der Waals surface area contributed by atoms with Crippen molar-refractivity contribution in [2.24, 2.45) is 5.73 Å². The molecule has 14 heavy (non-hydrogen) atoms. The number of hydrogen-bond donors (Lipinski definition) is 3. The highest BCUT2D eigenvalue weighted by Gasteiger charge is 2.04. The predicted molar refractivity (Wildman–Crippen MR) is 54.5 cm³/mol. The van der Waals surface area contributed by atoms with Crippen molar-refractivity contribution in [3.05, 3.63) is 23.8 Å². The van der Waals surface area contributed by atoms with Gasteiger partial charge in [0.1, 0.15) is 5.75 Å². The Morgan fingerprint density at radius 3 is 2.57 bits per heavy atom. The summed E-state index contributed by atoms with van der Waals surface area (Å²) in [5.41, 5.74) is 6.22. The Balaban J connectivity index is 2.98. The molecule has 0 aliphatic carbocycles. The van der Waals surface area contributed by atoms with Gasteiger partial charge in [-0.1, -0.05) is 6.07 Å². The van der Waals surface area contributed by atoms with Crippen molar-refractivity contribution in [3.8, 4) is 5.75 Å². The number of benzene rings is 1. The summed E-state index contributed by atoms with van der Waals surface area (Å²) < 4.78 is 23.9. The van der Waals surface area contributed by atoms with Gasteiger partial charge in [-0.2, -0.15) is 0 Å². The van der Waals surface area contributed by atoms with Crippen molar-refractivity contribution >= 4 is 15.7 Å². The maximum atomic E-state index is 10.8. The predicted octanol–water partition coefficient (Wildman–Crippen LogP) is 0.222. The summed E-state index contributed by atoms with van der Waals surface area (Å²) in [7, 11) is -3.31. The van der Waals surface area contributed by atoms with Crippen molar-refractivity contribution in [1.29, 1.82) is 0 Å². The maximum Gasteiger partial charge on any atom is 0.229 e. The molecule has 5 nitrogen and oxygen atoms in total. The Morgan fingerprint density at radius 1 is 1.50 bits per heavy atom. The molecule has 0 aromatic heterocycles. The van der Waals surface area contributed by atoms with Crippen LogP contribution in [0.5, 0.6) is 5.75 Å². The van der Waals surface area contributed by atoms with Crippen LogP contribution in [0.2, 0.25) is 0 Å². The zero-order chi connectivity index (χ0) is 10.8. The third-order valence-electron chi connectivity index (χ3n) is 1.61. The molecule has 1 aromatic carbocycles. The second-order valence-corrected chi connectivity index (χ2v) is 4.67. The largest absolute Gasteiger partial charge is 0.508 e. The first-order valence-corrected chi connectivity index (χ1v) is 5.81. The zero-order valence-corrected chi connectivity index (χ0v) is 8.50. The lowest BCUT2D eigenvalue weighted by molar-refractivity contribution is 0.469. The van der Waals surface area contributed by atoms with E-state index >= 15 is 0 Å². The van der Waals surface area contributed by atoms with Gasteiger partial charge >= 0.3 is 0 Å². The molecular weight excluding hydrogens is 204 g/mol. The number of phenolic OH excluding ortho intramolecular Hbond substituents is 1. The van der Waals surface area contributed by atoms with Gasteiger partial charge in [0.05, 0.1) is 11.9 Å². The molecule has 4 N–H and O–H groups in total. The lowest BCUT2D eigenvalue weighted by atomic mass is 10.2. The average molecular weight is 216 g/mol.